The Morgan fingerprint density at radius 1 is 1.15 bits per heavy atom. The molecule has 0 radical (unpaired) electrons. The van der Waals surface area contributed by atoms with E-state index in [1.807, 2.05) is 6.07 Å². The van der Waals surface area contributed by atoms with Crippen LogP contribution in [0.4, 0.5) is 0 Å². The first kappa shape index (κ1) is 6.45. The summed E-state index contributed by atoms with van der Waals surface area (Å²) in [5.74, 6) is 2.07. The van der Waals surface area contributed by atoms with E-state index in [1.165, 1.54) is 10.8 Å². The van der Waals surface area contributed by atoms with E-state index in [0.29, 0.717) is 6.61 Å². The minimum Gasteiger partial charge on any atom is -0.493 e. The van der Waals surface area contributed by atoms with Crippen molar-refractivity contribution in [3.8, 4) is 11.5 Å². The smallest absolute Gasteiger partial charge is 0.289 e. The highest BCUT2D eigenvalue weighted by Crippen LogP contribution is 2.41. The van der Waals surface area contributed by atoms with Crippen LogP contribution in [0, 0.1) is 0 Å². The summed E-state index contributed by atoms with van der Waals surface area (Å²) < 4.78 is 16.6. The monoisotopic (exact) mass is 192 g/mol. The van der Waals surface area contributed by atoms with E-state index >= 15 is 0 Å². The lowest BCUT2D eigenvalue weighted by Crippen LogP contribution is -2.34. The molecular formula is C9H8O3Si. The van der Waals surface area contributed by atoms with Crippen molar-refractivity contribution in [2.75, 3.05) is 12.5 Å². The second kappa shape index (κ2) is 1.76. The van der Waals surface area contributed by atoms with Crippen LogP contribution < -0.4 is 14.7 Å². The van der Waals surface area contributed by atoms with E-state index < -0.39 is 8.32 Å². The number of rotatable bonds is 0. The molecule has 3 nitrogen and oxygen atoms in total. The minimum absolute atomic E-state index is 0.711. The fourth-order valence-electron chi connectivity index (χ4n) is 2.07. The summed E-state index contributed by atoms with van der Waals surface area (Å²) in [6.45, 7) is 0.711. The molecule has 0 aliphatic carbocycles. The van der Waals surface area contributed by atoms with Crippen molar-refractivity contribution in [2.24, 2.45) is 0 Å². The number of fused-ring (bicyclic) bond motifs is 4. The summed E-state index contributed by atoms with van der Waals surface area (Å²) >= 11 is 0. The van der Waals surface area contributed by atoms with Gasteiger partial charge in [0.1, 0.15) is 24.3 Å². The van der Waals surface area contributed by atoms with Crippen LogP contribution in [0.15, 0.2) is 12.1 Å². The van der Waals surface area contributed by atoms with E-state index in [0.717, 1.165) is 24.0 Å². The Bertz CT molecular complexity index is 412. The molecule has 0 aromatic heterocycles. The quantitative estimate of drug-likeness (QED) is 0.435. The Labute approximate surface area is 76.4 Å². The number of benzene rings is 1. The predicted molar refractivity (Wildman–Crippen MR) is 47.6 cm³/mol. The van der Waals surface area contributed by atoms with Gasteiger partial charge >= 0.3 is 0 Å². The highest BCUT2D eigenvalue weighted by atomic mass is 28.4. The van der Waals surface area contributed by atoms with Gasteiger partial charge in [0.2, 0.25) is 0 Å². The lowest BCUT2D eigenvalue weighted by molar-refractivity contribution is 0.232. The molecule has 3 heterocycles. The van der Waals surface area contributed by atoms with Crippen LogP contribution in [0.25, 0.3) is 0 Å². The standard InChI is InChI=1S/C9H8O3Si/c1-2-8-9(6-3-10-7(1)6)11-4-13(8)5-12-13/h1-2H,3-5H2. The highest BCUT2D eigenvalue weighted by Gasteiger charge is 2.57. The van der Waals surface area contributed by atoms with Gasteiger partial charge in [0.15, 0.2) is 0 Å². The predicted octanol–water partition coefficient (Wildman–Crippen LogP) is 0.232. The molecule has 0 saturated carbocycles. The molecule has 66 valence electrons. The molecule has 3 aliphatic heterocycles. The zero-order valence-electron chi connectivity index (χ0n) is 7.00. The molecule has 0 amide bonds. The minimum atomic E-state index is -1.51. The van der Waals surface area contributed by atoms with Crippen molar-refractivity contribution in [3.63, 3.8) is 0 Å². The molecule has 13 heavy (non-hydrogen) atoms. The maximum atomic E-state index is 5.70. The molecule has 4 heteroatoms. The van der Waals surface area contributed by atoms with Crippen LogP contribution in [0.2, 0.25) is 0 Å². The average molecular weight is 192 g/mol. The van der Waals surface area contributed by atoms with Crippen LogP contribution >= 0.6 is 0 Å². The van der Waals surface area contributed by atoms with Crippen LogP contribution in [0.5, 0.6) is 11.5 Å². The third kappa shape index (κ3) is 0.617. The van der Waals surface area contributed by atoms with Gasteiger partial charge in [-0.05, 0) is 6.07 Å². The Morgan fingerprint density at radius 2 is 2.08 bits per heavy atom. The van der Waals surface area contributed by atoms with Crippen molar-refractivity contribution < 1.29 is 13.9 Å². The fourth-order valence-corrected chi connectivity index (χ4v) is 4.80. The van der Waals surface area contributed by atoms with Gasteiger partial charge in [0, 0.05) is 5.19 Å². The summed E-state index contributed by atoms with van der Waals surface area (Å²) in [6.07, 6.45) is 1.76. The third-order valence-electron chi connectivity index (χ3n) is 3.02. The molecule has 0 bridgehead atoms. The zero-order valence-corrected chi connectivity index (χ0v) is 8.00. The first-order valence-electron chi connectivity index (χ1n) is 4.45. The van der Waals surface area contributed by atoms with Crippen molar-refractivity contribution >= 4 is 13.5 Å². The van der Waals surface area contributed by atoms with E-state index in [9.17, 15) is 0 Å². The van der Waals surface area contributed by atoms with Gasteiger partial charge < -0.3 is 13.9 Å². The highest BCUT2D eigenvalue weighted by molar-refractivity contribution is 6.94. The van der Waals surface area contributed by atoms with Crippen LogP contribution in [-0.2, 0) is 11.0 Å². The van der Waals surface area contributed by atoms with E-state index in [2.05, 4.69) is 6.07 Å². The Kier molecular flexibility index (Phi) is 0.873. The summed E-state index contributed by atoms with van der Waals surface area (Å²) in [5.41, 5.74) is 1.25. The van der Waals surface area contributed by atoms with E-state index in [-0.39, 0.29) is 0 Å². The fraction of sp³-hybridized carbons (Fsp3) is 0.333. The van der Waals surface area contributed by atoms with E-state index in [1.54, 1.807) is 0 Å². The van der Waals surface area contributed by atoms with Gasteiger partial charge in [-0.3, -0.25) is 0 Å². The van der Waals surface area contributed by atoms with Gasteiger partial charge in [-0.1, -0.05) is 6.07 Å². The number of hydrogen-bond donors (Lipinski definition) is 0. The summed E-state index contributed by atoms with van der Waals surface area (Å²) in [4.78, 5) is 0. The van der Waals surface area contributed by atoms with Crippen molar-refractivity contribution in [1.82, 2.24) is 0 Å². The van der Waals surface area contributed by atoms with Gasteiger partial charge in [-0.15, -0.1) is 0 Å². The molecule has 1 saturated heterocycles. The van der Waals surface area contributed by atoms with Gasteiger partial charge in [0.25, 0.3) is 8.32 Å². The third-order valence-corrected chi connectivity index (χ3v) is 5.99. The summed E-state index contributed by atoms with van der Waals surface area (Å²) in [7, 11) is -1.51. The Hall–Kier alpha value is -1.00. The lowest BCUT2D eigenvalue weighted by atomic mass is 10.1. The van der Waals surface area contributed by atoms with Crippen molar-refractivity contribution in [2.45, 2.75) is 6.61 Å². The lowest BCUT2D eigenvalue weighted by Gasteiger charge is -2.22. The molecule has 1 fully saturated rings. The van der Waals surface area contributed by atoms with Crippen molar-refractivity contribution in [1.29, 1.82) is 0 Å². The molecule has 1 aromatic carbocycles. The topological polar surface area (TPSA) is 31.0 Å². The van der Waals surface area contributed by atoms with Crippen LogP contribution in [0.1, 0.15) is 5.56 Å². The van der Waals surface area contributed by atoms with Gasteiger partial charge in [-0.25, -0.2) is 0 Å². The maximum Gasteiger partial charge on any atom is 0.289 e. The second-order valence-electron chi connectivity index (χ2n) is 3.78. The van der Waals surface area contributed by atoms with Crippen molar-refractivity contribution in [3.05, 3.63) is 17.7 Å². The molecule has 1 spiro atoms. The maximum absolute atomic E-state index is 5.70. The Morgan fingerprint density at radius 3 is 2.77 bits per heavy atom. The largest absolute Gasteiger partial charge is 0.493 e. The molecule has 0 N–H and O–H groups in total. The van der Waals surface area contributed by atoms with Gasteiger partial charge in [0.05, 0.1) is 11.8 Å². The molecule has 1 unspecified atom stereocenters. The molecule has 4 rings (SSSR count). The molecule has 1 aromatic rings. The SMILES string of the molecule is c1cc2c(c3c1OC3)OC[Si]21CO1. The Balaban J connectivity index is 2.01. The second-order valence-corrected chi connectivity index (χ2v) is 7.17. The zero-order chi connectivity index (χ0) is 8.47. The first-order valence-corrected chi connectivity index (χ1v) is 6.77. The summed E-state index contributed by atoms with van der Waals surface area (Å²) in [6, 6.07) is 4.17. The molecule has 3 aliphatic rings. The molecule has 1 atom stereocenters. The van der Waals surface area contributed by atoms with Crippen LogP contribution in [-0.4, -0.2) is 20.8 Å². The average Bonchev–Trinajstić information content (AvgIpc) is 2.76. The molecular weight excluding hydrogens is 184 g/mol. The van der Waals surface area contributed by atoms with Gasteiger partial charge in [-0.2, -0.15) is 0 Å². The summed E-state index contributed by atoms with van der Waals surface area (Å²) in [5, 5.41) is 1.36. The first-order chi connectivity index (χ1) is 6.39. The number of hydrogen-bond acceptors (Lipinski definition) is 3. The van der Waals surface area contributed by atoms with E-state index in [4.69, 9.17) is 13.9 Å². The van der Waals surface area contributed by atoms with Crippen LogP contribution in [0.3, 0.4) is 0 Å². The number of ether oxygens (including phenoxy) is 2. The normalized spacial score (nSPS) is 31.4.